The molecule has 60 valence electrons. The predicted molar refractivity (Wildman–Crippen MR) is 46.9 cm³/mol. The molecule has 0 aliphatic heterocycles. The molecule has 0 unspecified atom stereocenters. The zero-order valence-corrected chi connectivity index (χ0v) is 7.29. The fraction of sp³-hybridized carbons (Fsp3) is 0.286. The van der Waals surface area contributed by atoms with Crippen LogP contribution in [0.5, 0.6) is 0 Å². The van der Waals surface area contributed by atoms with E-state index in [1.165, 1.54) is 11.3 Å². The van der Waals surface area contributed by atoms with Crippen molar-refractivity contribution in [1.29, 1.82) is 0 Å². The van der Waals surface area contributed by atoms with E-state index < -0.39 is 0 Å². The highest BCUT2D eigenvalue weighted by Gasteiger charge is 2.10. The van der Waals surface area contributed by atoms with Crippen LogP contribution in [0.2, 0.25) is 0 Å². The minimum Gasteiger partial charge on any atom is -0.397 e. The van der Waals surface area contributed by atoms with E-state index in [0.717, 1.165) is 4.88 Å². The van der Waals surface area contributed by atoms with E-state index in [9.17, 15) is 4.79 Å². The summed E-state index contributed by atoms with van der Waals surface area (Å²) in [7, 11) is 1.59. The molecule has 1 aromatic rings. The number of nitrogens with one attached hydrogen (secondary N) is 1. The number of rotatable bonds is 1. The van der Waals surface area contributed by atoms with Gasteiger partial charge in [0.1, 0.15) is 4.88 Å². The molecule has 0 aliphatic carbocycles. The normalized spacial score (nSPS) is 9.64. The minimum atomic E-state index is -0.111. The summed E-state index contributed by atoms with van der Waals surface area (Å²) >= 11 is 1.41. The number of hydrogen-bond donors (Lipinski definition) is 2. The van der Waals surface area contributed by atoms with Gasteiger partial charge in [0.25, 0.3) is 5.91 Å². The third kappa shape index (κ3) is 1.51. The molecule has 0 atom stereocenters. The third-order valence-corrected chi connectivity index (χ3v) is 2.38. The Balaban J connectivity index is 3.03. The number of nitrogens with two attached hydrogens (primary N) is 1. The molecule has 0 saturated carbocycles. The third-order valence-electron chi connectivity index (χ3n) is 1.32. The van der Waals surface area contributed by atoms with Crippen LogP contribution in [0.4, 0.5) is 5.69 Å². The Hall–Kier alpha value is -1.03. The number of amides is 1. The van der Waals surface area contributed by atoms with Crippen LogP contribution in [0, 0.1) is 6.92 Å². The number of anilines is 1. The number of nitrogen functional groups attached to an aromatic ring is 1. The lowest BCUT2D eigenvalue weighted by Crippen LogP contribution is -2.17. The molecule has 0 bridgehead atoms. The van der Waals surface area contributed by atoms with Gasteiger partial charge in [-0.15, -0.1) is 11.3 Å². The van der Waals surface area contributed by atoms with E-state index in [1.807, 2.05) is 6.92 Å². The first-order chi connectivity index (χ1) is 5.15. The van der Waals surface area contributed by atoms with E-state index >= 15 is 0 Å². The summed E-state index contributed by atoms with van der Waals surface area (Å²) in [6, 6.07) is 1.80. The van der Waals surface area contributed by atoms with E-state index in [-0.39, 0.29) is 5.91 Å². The van der Waals surface area contributed by atoms with Gasteiger partial charge in [-0.05, 0) is 13.0 Å². The molecule has 1 heterocycles. The maximum Gasteiger partial charge on any atom is 0.263 e. The highest BCUT2D eigenvalue weighted by Crippen LogP contribution is 2.23. The van der Waals surface area contributed by atoms with Gasteiger partial charge < -0.3 is 11.1 Å². The average Bonchev–Trinajstić information content (AvgIpc) is 2.28. The largest absolute Gasteiger partial charge is 0.397 e. The summed E-state index contributed by atoms with van der Waals surface area (Å²) in [5.41, 5.74) is 6.13. The van der Waals surface area contributed by atoms with Crippen molar-refractivity contribution in [3.05, 3.63) is 15.8 Å². The Labute approximate surface area is 69.2 Å². The zero-order valence-electron chi connectivity index (χ0n) is 6.47. The quantitative estimate of drug-likeness (QED) is 0.660. The van der Waals surface area contributed by atoms with Crippen LogP contribution in [0.3, 0.4) is 0 Å². The summed E-state index contributed by atoms with van der Waals surface area (Å²) in [6.45, 7) is 1.92. The molecule has 0 aliphatic rings. The van der Waals surface area contributed by atoms with Crippen LogP contribution in [0.15, 0.2) is 6.07 Å². The van der Waals surface area contributed by atoms with Crippen molar-refractivity contribution in [2.45, 2.75) is 6.92 Å². The highest BCUT2D eigenvalue weighted by atomic mass is 32.1. The molecule has 3 nitrogen and oxygen atoms in total. The average molecular weight is 170 g/mol. The number of thiophene rings is 1. The summed E-state index contributed by atoms with van der Waals surface area (Å²) in [5, 5.41) is 2.53. The maximum absolute atomic E-state index is 11.1. The molecular weight excluding hydrogens is 160 g/mol. The fourth-order valence-corrected chi connectivity index (χ4v) is 1.70. The zero-order chi connectivity index (χ0) is 8.43. The molecule has 11 heavy (non-hydrogen) atoms. The Morgan fingerprint density at radius 1 is 1.73 bits per heavy atom. The molecule has 1 aromatic heterocycles. The van der Waals surface area contributed by atoms with E-state index in [0.29, 0.717) is 10.6 Å². The van der Waals surface area contributed by atoms with Crippen LogP contribution in [-0.2, 0) is 0 Å². The van der Waals surface area contributed by atoms with Gasteiger partial charge >= 0.3 is 0 Å². The Morgan fingerprint density at radius 2 is 2.36 bits per heavy atom. The molecule has 1 rings (SSSR count). The summed E-state index contributed by atoms with van der Waals surface area (Å²) in [5.74, 6) is -0.111. The van der Waals surface area contributed by atoms with Crippen LogP contribution in [0.25, 0.3) is 0 Å². The van der Waals surface area contributed by atoms with Gasteiger partial charge in [0.15, 0.2) is 0 Å². The first-order valence-electron chi connectivity index (χ1n) is 3.23. The molecule has 0 saturated heterocycles. The second-order valence-corrected chi connectivity index (χ2v) is 3.48. The molecule has 3 N–H and O–H groups in total. The first-order valence-corrected chi connectivity index (χ1v) is 4.04. The molecule has 4 heteroatoms. The predicted octanol–water partition coefficient (Wildman–Crippen LogP) is 0.998. The molecule has 0 radical (unpaired) electrons. The summed E-state index contributed by atoms with van der Waals surface area (Å²) in [6.07, 6.45) is 0. The van der Waals surface area contributed by atoms with Crippen LogP contribution >= 0.6 is 11.3 Å². The van der Waals surface area contributed by atoms with Crippen molar-refractivity contribution in [3.8, 4) is 0 Å². The fourth-order valence-electron chi connectivity index (χ4n) is 0.825. The smallest absolute Gasteiger partial charge is 0.263 e. The lowest BCUT2D eigenvalue weighted by Gasteiger charge is -1.94. The van der Waals surface area contributed by atoms with Crippen molar-refractivity contribution >= 4 is 22.9 Å². The van der Waals surface area contributed by atoms with E-state index in [1.54, 1.807) is 13.1 Å². The van der Waals surface area contributed by atoms with Gasteiger partial charge in [-0.1, -0.05) is 0 Å². The standard InChI is InChI=1S/C7H10N2OS/c1-4-3-5(8)6(11-4)7(10)9-2/h3H,8H2,1-2H3,(H,9,10). The summed E-state index contributed by atoms with van der Waals surface area (Å²) < 4.78 is 0. The minimum absolute atomic E-state index is 0.111. The van der Waals surface area contributed by atoms with Gasteiger partial charge in [-0.25, -0.2) is 0 Å². The van der Waals surface area contributed by atoms with E-state index in [2.05, 4.69) is 5.32 Å². The second-order valence-electron chi connectivity index (χ2n) is 2.22. The van der Waals surface area contributed by atoms with Crippen molar-refractivity contribution < 1.29 is 4.79 Å². The molecule has 0 fully saturated rings. The topological polar surface area (TPSA) is 55.1 Å². The van der Waals surface area contributed by atoms with Crippen molar-refractivity contribution in [2.75, 3.05) is 12.8 Å². The molecule has 0 spiro atoms. The number of hydrogen-bond acceptors (Lipinski definition) is 3. The van der Waals surface area contributed by atoms with Gasteiger partial charge in [0, 0.05) is 11.9 Å². The SMILES string of the molecule is CNC(=O)c1sc(C)cc1N. The van der Waals surface area contributed by atoms with Crippen LogP contribution in [-0.4, -0.2) is 13.0 Å². The summed E-state index contributed by atoms with van der Waals surface area (Å²) in [4.78, 5) is 12.7. The molecule has 1 amide bonds. The molecule has 0 aromatic carbocycles. The van der Waals surface area contributed by atoms with Crippen molar-refractivity contribution in [1.82, 2.24) is 5.32 Å². The highest BCUT2D eigenvalue weighted by molar-refractivity contribution is 7.14. The molecular formula is C7H10N2OS. The second kappa shape index (κ2) is 2.92. The van der Waals surface area contributed by atoms with Gasteiger partial charge in [-0.2, -0.15) is 0 Å². The Morgan fingerprint density at radius 3 is 2.73 bits per heavy atom. The van der Waals surface area contributed by atoms with Crippen LogP contribution in [0.1, 0.15) is 14.5 Å². The van der Waals surface area contributed by atoms with Gasteiger partial charge in [-0.3, -0.25) is 4.79 Å². The number of carbonyl (C=O) groups is 1. The number of carbonyl (C=O) groups excluding carboxylic acids is 1. The lowest BCUT2D eigenvalue weighted by atomic mass is 10.3. The van der Waals surface area contributed by atoms with Crippen molar-refractivity contribution in [3.63, 3.8) is 0 Å². The van der Waals surface area contributed by atoms with Gasteiger partial charge in [0.2, 0.25) is 0 Å². The Kier molecular flexibility index (Phi) is 2.14. The van der Waals surface area contributed by atoms with Crippen molar-refractivity contribution in [2.24, 2.45) is 0 Å². The maximum atomic E-state index is 11.1. The first kappa shape index (κ1) is 8.07. The Bertz CT molecular complexity index is 280. The van der Waals surface area contributed by atoms with E-state index in [4.69, 9.17) is 5.73 Å². The monoisotopic (exact) mass is 170 g/mol. The number of aryl methyl sites for hydroxylation is 1. The van der Waals surface area contributed by atoms with Gasteiger partial charge in [0.05, 0.1) is 5.69 Å². The lowest BCUT2D eigenvalue weighted by molar-refractivity contribution is 0.0968. The van der Waals surface area contributed by atoms with Crippen LogP contribution < -0.4 is 11.1 Å².